The van der Waals surface area contributed by atoms with Crippen molar-refractivity contribution in [3.8, 4) is 12.3 Å². The van der Waals surface area contributed by atoms with Crippen LogP contribution in [0.4, 0.5) is 0 Å². The summed E-state index contributed by atoms with van der Waals surface area (Å²) < 4.78 is 0. The highest BCUT2D eigenvalue weighted by molar-refractivity contribution is 5.76. The first-order chi connectivity index (χ1) is 7.63. The van der Waals surface area contributed by atoms with E-state index in [0.29, 0.717) is 25.3 Å². The molecule has 2 unspecified atom stereocenters. The molecule has 0 bridgehead atoms. The summed E-state index contributed by atoms with van der Waals surface area (Å²) >= 11 is 0. The maximum absolute atomic E-state index is 11.5. The number of carbonyl (C=O) groups excluding carboxylic acids is 1. The van der Waals surface area contributed by atoms with Gasteiger partial charge >= 0.3 is 0 Å². The lowest BCUT2D eigenvalue weighted by molar-refractivity contribution is -0.121. The second-order valence-electron chi connectivity index (χ2n) is 4.27. The van der Waals surface area contributed by atoms with Gasteiger partial charge in [-0.05, 0) is 32.2 Å². The average Bonchev–Trinajstić information content (AvgIpc) is 2.24. The molecule has 3 N–H and O–H groups in total. The number of nitrogens with two attached hydrogens (primary N) is 1. The van der Waals surface area contributed by atoms with Crippen LogP contribution in [0.1, 0.15) is 46.0 Å². The molecule has 0 aliphatic rings. The molecule has 0 aliphatic heterocycles. The smallest absolute Gasteiger partial charge is 0.220 e. The Morgan fingerprint density at radius 2 is 2.19 bits per heavy atom. The summed E-state index contributed by atoms with van der Waals surface area (Å²) in [7, 11) is 0. The van der Waals surface area contributed by atoms with Crippen LogP contribution in [-0.2, 0) is 4.79 Å². The minimum Gasteiger partial charge on any atom is -0.353 e. The molecule has 3 heteroatoms. The third-order valence-corrected chi connectivity index (χ3v) is 2.76. The Kier molecular flexibility index (Phi) is 8.65. The lowest BCUT2D eigenvalue weighted by Gasteiger charge is -2.15. The van der Waals surface area contributed by atoms with Crippen LogP contribution in [-0.4, -0.2) is 18.5 Å². The van der Waals surface area contributed by atoms with Crippen molar-refractivity contribution in [1.82, 2.24) is 5.32 Å². The van der Waals surface area contributed by atoms with Crippen molar-refractivity contribution in [1.29, 1.82) is 0 Å². The van der Waals surface area contributed by atoms with E-state index in [2.05, 4.69) is 18.2 Å². The van der Waals surface area contributed by atoms with Crippen molar-refractivity contribution in [2.75, 3.05) is 6.54 Å². The summed E-state index contributed by atoms with van der Waals surface area (Å²) in [6, 6.07) is 0.0760. The number of carbonyl (C=O) groups is 1. The molecule has 0 radical (unpaired) electrons. The van der Waals surface area contributed by atoms with E-state index in [-0.39, 0.29) is 11.9 Å². The summed E-state index contributed by atoms with van der Waals surface area (Å²) in [6.45, 7) is 4.77. The highest BCUT2D eigenvalue weighted by atomic mass is 16.1. The number of amides is 1. The predicted molar refractivity (Wildman–Crippen MR) is 67.7 cm³/mol. The molecule has 0 saturated heterocycles. The Bertz CT molecular complexity index is 233. The molecule has 0 aromatic rings. The maximum atomic E-state index is 11.5. The van der Waals surface area contributed by atoms with Gasteiger partial charge in [0.15, 0.2) is 0 Å². The van der Waals surface area contributed by atoms with Gasteiger partial charge in [-0.1, -0.05) is 13.3 Å². The second-order valence-corrected chi connectivity index (χ2v) is 4.27. The molecule has 2 atom stereocenters. The van der Waals surface area contributed by atoms with Crippen LogP contribution in [0.25, 0.3) is 0 Å². The third kappa shape index (κ3) is 7.30. The standard InChI is InChI=1S/C13H24N2O/c1-4-6-11(3)15-13(16)8-7-12(5-2)9-10-14/h1,11-12H,5-10,14H2,2-3H3,(H,15,16). The van der Waals surface area contributed by atoms with Gasteiger partial charge in [0.1, 0.15) is 0 Å². The van der Waals surface area contributed by atoms with Crippen LogP contribution < -0.4 is 11.1 Å². The van der Waals surface area contributed by atoms with Crippen LogP contribution in [0.3, 0.4) is 0 Å². The maximum Gasteiger partial charge on any atom is 0.220 e. The van der Waals surface area contributed by atoms with Crippen LogP contribution >= 0.6 is 0 Å². The van der Waals surface area contributed by atoms with Crippen LogP contribution in [0.15, 0.2) is 0 Å². The lowest BCUT2D eigenvalue weighted by atomic mass is 9.96. The third-order valence-electron chi connectivity index (χ3n) is 2.76. The summed E-state index contributed by atoms with van der Waals surface area (Å²) in [4.78, 5) is 11.5. The molecule has 0 heterocycles. The number of hydrogen-bond acceptors (Lipinski definition) is 2. The van der Waals surface area contributed by atoms with Crippen LogP contribution in [0.5, 0.6) is 0 Å². The van der Waals surface area contributed by atoms with E-state index in [4.69, 9.17) is 12.2 Å². The van der Waals surface area contributed by atoms with Crippen molar-refractivity contribution in [3.63, 3.8) is 0 Å². The van der Waals surface area contributed by atoms with E-state index < -0.39 is 0 Å². The lowest BCUT2D eigenvalue weighted by Crippen LogP contribution is -2.32. The normalized spacial score (nSPS) is 13.9. The highest BCUT2D eigenvalue weighted by Crippen LogP contribution is 2.14. The van der Waals surface area contributed by atoms with Crippen molar-refractivity contribution in [3.05, 3.63) is 0 Å². The molecule has 0 spiro atoms. The number of terminal acetylenes is 1. The van der Waals surface area contributed by atoms with Gasteiger partial charge in [-0.3, -0.25) is 4.79 Å². The molecule has 0 aromatic carbocycles. The average molecular weight is 224 g/mol. The SMILES string of the molecule is C#CCC(C)NC(=O)CCC(CC)CCN. The molecule has 92 valence electrons. The molecule has 0 fully saturated rings. The molecular weight excluding hydrogens is 200 g/mol. The van der Waals surface area contributed by atoms with E-state index in [1.807, 2.05) is 6.92 Å². The van der Waals surface area contributed by atoms with Gasteiger partial charge < -0.3 is 11.1 Å². The van der Waals surface area contributed by atoms with Crippen molar-refractivity contribution in [2.24, 2.45) is 11.7 Å². The number of nitrogens with one attached hydrogen (secondary N) is 1. The van der Waals surface area contributed by atoms with Gasteiger partial charge in [-0.2, -0.15) is 0 Å². The number of rotatable bonds is 8. The van der Waals surface area contributed by atoms with Gasteiger partial charge in [0.05, 0.1) is 0 Å². The Morgan fingerprint density at radius 1 is 1.50 bits per heavy atom. The van der Waals surface area contributed by atoms with E-state index in [1.165, 1.54) is 0 Å². The second kappa shape index (κ2) is 9.23. The summed E-state index contributed by atoms with van der Waals surface area (Å²) in [5.74, 6) is 3.20. The summed E-state index contributed by atoms with van der Waals surface area (Å²) in [6.07, 6.45) is 9.35. The minimum absolute atomic E-state index is 0.0760. The molecule has 0 rings (SSSR count). The first kappa shape index (κ1) is 15.0. The summed E-state index contributed by atoms with van der Waals surface area (Å²) in [5.41, 5.74) is 5.51. The molecular formula is C13H24N2O. The molecule has 16 heavy (non-hydrogen) atoms. The van der Waals surface area contributed by atoms with Crippen molar-refractivity contribution >= 4 is 5.91 Å². The topological polar surface area (TPSA) is 55.1 Å². The zero-order chi connectivity index (χ0) is 12.4. The quantitative estimate of drug-likeness (QED) is 0.616. The van der Waals surface area contributed by atoms with Gasteiger partial charge in [0, 0.05) is 18.9 Å². The Labute approximate surface area is 99.2 Å². The van der Waals surface area contributed by atoms with Gasteiger partial charge in [0.2, 0.25) is 5.91 Å². The Morgan fingerprint density at radius 3 is 2.69 bits per heavy atom. The first-order valence-corrected chi connectivity index (χ1v) is 6.06. The largest absolute Gasteiger partial charge is 0.353 e. The Hall–Kier alpha value is -1.01. The van der Waals surface area contributed by atoms with Gasteiger partial charge in [0.25, 0.3) is 0 Å². The monoisotopic (exact) mass is 224 g/mol. The summed E-state index contributed by atoms with van der Waals surface area (Å²) in [5, 5.41) is 2.89. The fourth-order valence-electron chi connectivity index (χ4n) is 1.70. The predicted octanol–water partition coefficient (Wildman–Crippen LogP) is 1.67. The minimum atomic E-state index is 0.0760. The molecule has 1 amide bonds. The zero-order valence-electron chi connectivity index (χ0n) is 10.5. The van der Waals surface area contributed by atoms with E-state index in [1.54, 1.807) is 0 Å². The molecule has 0 saturated carbocycles. The molecule has 3 nitrogen and oxygen atoms in total. The molecule has 0 aromatic heterocycles. The number of hydrogen-bond donors (Lipinski definition) is 2. The first-order valence-electron chi connectivity index (χ1n) is 6.06. The zero-order valence-corrected chi connectivity index (χ0v) is 10.5. The fraction of sp³-hybridized carbons (Fsp3) is 0.769. The Balaban J connectivity index is 3.75. The van der Waals surface area contributed by atoms with E-state index in [9.17, 15) is 4.79 Å². The van der Waals surface area contributed by atoms with Crippen LogP contribution in [0, 0.1) is 18.3 Å². The van der Waals surface area contributed by atoms with Gasteiger partial charge in [-0.25, -0.2) is 0 Å². The van der Waals surface area contributed by atoms with Crippen molar-refractivity contribution in [2.45, 2.75) is 52.0 Å². The van der Waals surface area contributed by atoms with Gasteiger partial charge in [-0.15, -0.1) is 12.3 Å². The van der Waals surface area contributed by atoms with E-state index >= 15 is 0 Å². The van der Waals surface area contributed by atoms with Crippen LogP contribution in [0.2, 0.25) is 0 Å². The highest BCUT2D eigenvalue weighted by Gasteiger charge is 2.10. The van der Waals surface area contributed by atoms with Crippen molar-refractivity contribution < 1.29 is 4.79 Å². The molecule has 0 aliphatic carbocycles. The fourth-order valence-corrected chi connectivity index (χ4v) is 1.70. The van der Waals surface area contributed by atoms with E-state index in [0.717, 1.165) is 19.3 Å².